The molecular formula is C11H20N6S. The molecule has 0 aliphatic rings. The van der Waals surface area contributed by atoms with E-state index in [4.69, 9.17) is 5.26 Å². The maximum absolute atomic E-state index is 8.94. The summed E-state index contributed by atoms with van der Waals surface area (Å²) in [4.78, 5) is 0. The standard InChI is InChI=1S/C11H20N6S/c1-5-9(8-12)18-10-14-15-16-17(10)7-6-13-11(2,3)4/h9,13H,5-7H2,1-4H3. The summed E-state index contributed by atoms with van der Waals surface area (Å²) in [6, 6.07) is 2.24. The van der Waals surface area contributed by atoms with E-state index in [2.05, 4.69) is 47.7 Å². The molecule has 1 aromatic rings. The quantitative estimate of drug-likeness (QED) is 0.787. The molecule has 0 aromatic carbocycles. The molecule has 0 aliphatic carbocycles. The number of thioether (sulfide) groups is 1. The van der Waals surface area contributed by atoms with Crippen molar-refractivity contribution in [3.63, 3.8) is 0 Å². The van der Waals surface area contributed by atoms with E-state index in [1.807, 2.05) is 6.92 Å². The minimum Gasteiger partial charge on any atom is -0.310 e. The molecule has 0 bridgehead atoms. The summed E-state index contributed by atoms with van der Waals surface area (Å²) in [5.74, 6) is 0. The highest BCUT2D eigenvalue weighted by Gasteiger charge is 2.14. The zero-order valence-corrected chi connectivity index (χ0v) is 12.2. The average Bonchev–Trinajstić information content (AvgIpc) is 2.72. The molecule has 6 nitrogen and oxygen atoms in total. The molecule has 1 atom stereocenters. The Labute approximate surface area is 112 Å². The van der Waals surface area contributed by atoms with Crippen LogP contribution in [0.25, 0.3) is 0 Å². The topological polar surface area (TPSA) is 79.4 Å². The first kappa shape index (κ1) is 14.9. The molecule has 0 saturated heterocycles. The van der Waals surface area contributed by atoms with Crippen molar-refractivity contribution in [2.75, 3.05) is 6.54 Å². The summed E-state index contributed by atoms with van der Waals surface area (Å²) in [6.45, 7) is 9.83. The van der Waals surface area contributed by atoms with Crippen LogP contribution in [0.15, 0.2) is 5.16 Å². The molecule has 0 amide bonds. The second-order valence-corrected chi connectivity index (χ2v) is 6.18. The number of nitrogens with zero attached hydrogens (tertiary/aromatic N) is 5. The molecule has 0 spiro atoms. The lowest BCUT2D eigenvalue weighted by Crippen LogP contribution is -2.38. The minimum absolute atomic E-state index is 0.0833. The molecule has 1 rings (SSSR count). The first-order valence-corrected chi connectivity index (χ1v) is 6.91. The van der Waals surface area contributed by atoms with Gasteiger partial charge in [-0.1, -0.05) is 18.7 Å². The molecule has 1 N–H and O–H groups in total. The lowest BCUT2D eigenvalue weighted by molar-refractivity contribution is 0.396. The van der Waals surface area contributed by atoms with Crippen molar-refractivity contribution >= 4 is 11.8 Å². The van der Waals surface area contributed by atoms with Gasteiger partial charge in [0.1, 0.15) is 0 Å². The highest BCUT2D eigenvalue weighted by molar-refractivity contribution is 8.00. The van der Waals surface area contributed by atoms with Crippen molar-refractivity contribution in [1.29, 1.82) is 5.26 Å². The Morgan fingerprint density at radius 3 is 2.78 bits per heavy atom. The zero-order chi connectivity index (χ0) is 13.6. The fourth-order valence-electron chi connectivity index (χ4n) is 1.29. The third-order valence-corrected chi connectivity index (χ3v) is 3.47. The van der Waals surface area contributed by atoms with E-state index < -0.39 is 0 Å². The maximum atomic E-state index is 8.94. The summed E-state index contributed by atoms with van der Waals surface area (Å²) in [5, 5.41) is 24.5. The molecule has 1 unspecified atom stereocenters. The number of nitrogens with one attached hydrogen (secondary N) is 1. The first-order chi connectivity index (χ1) is 8.46. The Hall–Kier alpha value is -1.13. The number of nitriles is 1. The van der Waals surface area contributed by atoms with Crippen molar-refractivity contribution in [3.05, 3.63) is 0 Å². The molecule has 1 heterocycles. The lowest BCUT2D eigenvalue weighted by atomic mass is 10.1. The first-order valence-electron chi connectivity index (χ1n) is 6.03. The SMILES string of the molecule is CCC(C#N)Sc1nnnn1CCNC(C)(C)C. The lowest BCUT2D eigenvalue weighted by Gasteiger charge is -2.20. The van der Waals surface area contributed by atoms with Gasteiger partial charge in [0.05, 0.1) is 17.9 Å². The third-order valence-electron chi connectivity index (χ3n) is 2.24. The molecule has 0 saturated carbocycles. The monoisotopic (exact) mass is 268 g/mol. The smallest absolute Gasteiger partial charge is 0.210 e. The normalized spacial score (nSPS) is 13.3. The predicted molar refractivity (Wildman–Crippen MR) is 71.1 cm³/mol. The molecule has 100 valence electrons. The van der Waals surface area contributed by atoms with Crippen molar-refractivity contribution in [3.8, 4) is 6.07 Å². The van der Waals surface area contributed by atoms with Gasteiger partial charge in [0.2, 0.25) is 5.16 Å². The van der Waals surface area contributed by atoms with Gasteiger partial charge in [-0.25, -0.2) is 4.68 Å². The van der Waals surface area contributed by atoms with Crippen LogP contribution in [0.5, 0.6) is 0 Å². The third kappa shape index (κ3) is 5.02. The number of tetrazole rings is 1. The number of hydrogen-bond acceptors (Lipinski definition) is 6. The van der Waals surface area contributed by atoms with E-state index in [1.54, 1.807) is 4.68 Å². The second kappa shape index (κ2) is 6.71. The molecule has 18 heavy (non-hydrogen) atoms. The summed E-state index contributed by atoms with van der Waals surface area (Å²) in [6.07, 6.45) is 0.786. The van der Waals surface area contributed by atoms with Crippen LogP contribution in [0.4, 0.5) is 0 Å². The van der Waals surface area contributed by atoms with Crippen molar-refractivity contribution < 1.29 is 0 Å². The van der Waals surface area contributed by atoms with Crippen LogP contribution in [0, 0.1) is 11.3 Å². The van der Waals surface area contributed by atoms with Crippen LogP contribution >= 0.6 is 11.8 Å². The molecule has 0 fully saturated rings. The van der Waals surface area contributed by atoms with E-state index in [1.165, 1.54) is 11.8 Å². The van der Waals surface area contributed by atoms with Crippen LogP contribution in [-0.2, 0) is 6.54 Å². The van der Waals surface area contributed by atoms with Gasteiger partial charge in [-0.3, -0.25) is 0 Å². The van der Waals surface area contributed by atoms with Gasteiger partial charge in [-0.15, -0.1) is 5.10 Å². The Morgan fingerprint density at radius 2 is 2.22 bits per heavy atom. The van der Waals surface area contributed by atoms with Crippen LogP contribution in [0.2, 0.25) is 0 Å². The molecular weight excluding hydrogens is 248 g/mol. The fraction of sp³-hybridized carbons (Fsp3) is 0.818. The Morgan fingerprint density at radius 1 is 1.50 bits per heavy atom. The van der Waals surface area contributed by atoms with E-state index in [0.29, 0.717) is 11.7 Å². The fourth-order valence-corrected chi connectivity index (χ4v) is 2.09. The Kier molecular flexibility index (Phi) is 5.56. The van der Waals surface area contributed by atoms with Crippen LogP contribution in [0.1, 0.15) is 34.1 Å². The number of aromatic nitrogens is 4. The summed E-state index contributed by atoms with van der Waals surface area (Å²) in [7, 11) is 0. The summed E-state index contributed by atoms with van der Waals surface area (Å²) >= 11 is 1.42. The average molecular weight is 268 g/mol. The molecule has 7 heteroatoms. The predicted octanol–water partition coefficient (Wildman–Crippen LogP) is 1.46. The summed E-state index contributed by atoms with van der Waals surface area (Å²) < 4.78 is 1.74. The molecule has 0 radical (unpaired) electrons. The van der Waals surface area contributed by atoms with Crippen molar-refractivity contribution in [2.24, 2.45) is 0 Å². The van der Waals surface area contributed by atoms with Crippen molar-refractivity contribution in [1.82, 2.24) is 25.5 Å². The van der Waals surface area contributed by atoms with Gasteiger partial charge in [0, 0.05) is 12.1 Å². The Bertz CT molecular complexity index is 402. The van der Waals surface area contributed by atoms with Gasteiger partial charge in [0.25, 0.3) is 0 Å². The van der Waals surface area contributed by atoms with Crippen LogP contribution < -0.4 is 5.32 Å². The van der Waals surface area contributed by atoms with Gasteiger partial charge >= 0.3 is 0 Å². The van der Waals surface area contributed by atoms with Gasteiger partial charge in [-0.2, -0.15) is 5.26 Å². The maximum Gasteiger partial charge on any atom is 0.210 e. The number of hydrogen-bond donors (Lipinski definition) is 1. The Balaban J connectivity index is 2.53. The molecule has 0 aliphatic heterocycles. The van der Waals surface area contributed by atoms with Crippen LogP contribution in [0.3, 0.4) is 0 Å². The number of rotatable bonds is 6. The zero-order valence-electron chi connectivity index (χ0n) is 11.3. The van der Waals surface area contributed by atoms with E-state index in [0.717, 1.165) is 13.0 Å². The van der Waals surface area contributed by atoms with Crippen LogP contribution in [-0.4, -0.2) is 37.5 Å². The van der Waals surface area contributed by atoms with E-state index in [-0.39, 0.29) is 10.8 Å². The largest absolute Gasteiger partial charge is 0.310 e. The second-order valence-electron chi connectivity index (χ2n) is 5.01. The van der Waals surface area contributed by atoms with E-state index >= 15 is 0 Å². The summed E-state index contributed by atoms with van der Waals surface area (Å²) in [5.41, 5.74) is 0.0833. The van der Waals surface area contributed by atoms with Crippen molar-refractivity contribution in [2.45, 2.75) is 56.6 Å². The van der Waals surface area contributed by atoms with Gasteiger partial charge < -0.3 is 5.32 Å². The van der Waals surface area contributed by atoms with E-state index in [9.17, 15) is 0 Å². The van der Waals surface area contributed by atoms with Gasteiger partial charge in [0.15, 0.2) is 0 Å². The minimum atomic E-state index is -0.0923. The van der Waals surface area contributed by atoms with Gasteiger partial charge in [-0.05, 0) is 37.6 Å². The highest BCUT2D eigenvalue weighted by Crippen LogP contribution is 2.21. The molecule has 1 aromatic heterocycles. The highest BCUT2D eigenvalue weighted by atomic mass is 32.2.